The minimum atomic E-state index is -3.60. The quantitative estimate of drug-likeness (QED) is 0.347. The van der Waals surface area contributed by atoms with E-state index < -0.39 is 16.1 Å². The highest BCUT2D eigenvalue weighted by atomic mass is 35.5. The van der Waals surface area contributed by atoms with Gasteiger partial charge in [0.05, 0.1) is 11.9 Å². The molecule has 0 radical (unpaired) electrons. The van der Waals surface area contributed by atoms with Crippen LogP contribution in [-0.2, 0) is 26.2 Å². The first kappa shape index (κ1) is 30.3. The number of nitrogens with zero attached hydrogens (tertiary/aromatic N) is 2. The summed E-state index contributed by atoms with van der Waals surface area (Å²) in [6.07, 6.45) is 6.09. The summed E-state index contributed by atoms with van der Waals surface area (Å²) in [5.41, 5.74) is 2.13. The van der Waals surface area contributed by atoms with Crippen molar-refractivity contribution in [2.45, 2.75) is 77.4 Å². The van der Waals surface area contributed by atoms with Crippen molar-refractivity contribution in [1.82, 2.24) is 10.2 Å². The zero-order valence-electron chi connectivity index (χ0n) is 22.3. The molecule has 1 atom stereocenters. The van der Waals surface area contributed by atoms with Gasteiger partial charge in [0.25, 0.3) is 0 Å². The summed E-state index contributed by atoms with van der Waals surface area (Å²) < 4.78 is 26.5. The van der Waals surface area contributed by atoms with Crippen LogP contribution in [0.1, 0.15) is 63.0 Å². The Kier molecular flexibility index (Phi) is 10.9. The van der Waals surface area contributed by atoms with Crippen molar-refractivity contribution < 1.29 is 18.0 Å². The number of sulfonamides is 1. The number of aryl methyl sites for hydroxylation is 1. The minimum Gasteiger partial charge on any atom is -0.352 e. The predicted octanol–water partition coefficient (Wildman–Crippen LogP) is 5.71. The van der Waals surface area contributed by atoms with Crippen LogP contribution < -0.4 is 9.62 Å². The van der Waals surface area contributed by atoms with Crippen molar-refractivity contribution in [3.63, 3.8) is 0 Å². The molecule has 7 nitrogen and oxygen atoms in total. The molecule has 0 unspecified atom stereocenters. The maximum Gasteiger partial charge on any atom is 0.243 e. The Morgan fingerprint density at radius 3 is 2.29 bits per heavy atom. The third kappa shape index (κ3) is 8.35. The van der Waals surface area contributed by atoms with Gasteiger partial charge < -0.3 is 10.2 Å². The molecule has 38 heavy (non-hydrogen) atoms. The first-order valence-electron chi connectivity index (χ1n) is 13.1. The van der Waals surface area contributed by atoms with E-state index in [1.807, 2.05) is 26.0 Å². The summed E-state index contributed by atoms with van der Waals surface area (Å²) in [4.78, 5) is 28.5. The Bertz CT molecular complexity index is 1220. The van der Waals surface area contributed by atoms with Crippen molar-refractivity contribution in [3.05, 3.63) is 63.6 Å². The van der Waals surface area contributed by atoms with Crippen LogP contribution >= 0.6 is 23.2 Å². The van der Waals surface area contributed by atoms with Crippen molar-refractivity contribution in [3.8, 4) is 0 Å². The molecule has 0 aliphatic heterocycles. The lowest BCUT2D eigenvalue weighted by Crippen LogP contribution is -2.51. The van der Waals surface area contributed by atoms with E-state index in [9.17, 15) is 18.0 Å². The zero-order chi connectivity index (χ0) is 27.9. The van der Waals surface area contributed by atoms with E-state index in [0.29, 0.717) is 22.2 Å². The first-order chi connectivity index (χ1) is 18.0. The number of hydrogen-bond acceptors (Lipinski definition) is 4. The van der Waals surface area contributed by atoms with Gasteiger partial charge in [-0.2, -0.15) is 0 Å². The van der Waals surface area contributed by atoms with E-state index in [4.69, 9.17) is 23.2 Å². The molecule has 0 bridgehead atoms. The summed E-state index contributed by atoms with van der Waals surface area (Å²) >= 11 is 12.2. The molecule has 1 N–H and O–H groups in total. The molecule has 1 aliphatic rings. The van der Waals surface area contributed by atoms with Crippen LogP contribution in [0.5, 0.6) is 0 Å². The third-order valence-electron chi connectivity index (χ3n) is 6.95. The number of halogens is 2. The number of carbonyl (C=O) groups is 2. The molecule has 0 aromatic heterocycles. The van der Waals surface area contributed by atoms with Crippen molar-refractivity contribution in [2.24, 2.45) is 0 Å². The summed E-state index contributed by atoms with van der Waals surface area (Å²) in [5.74, 6) is -0.348. The average molecular weight is 583 g/mol. The van der Waals surface area contributed by atoms with E-state index >= 15 is 0 Å². The van der Waals surface area contributed by atoms with E-state index in [0.717, 1.165) is 43.1 Å². The van der Waals surface area contributed by atoms with Gasteiger partial charge in [-0.15, -0.1) is 0 Å². The molecule has 208 valence electrons. The highest BCUT2D eigenvalue weighted by molar-refractivity contribution is 7.92. The standard InChI is InChI=1S/C28H37Cl2N3O4S/c1-4-25(28(35)31-24-8-5-6-9-24)32(19-21-12-15-22(29)16-13-21)27(34)10-7-17-33(38(3,36)37)26-18-23(30)14-11-20(26)2/h11-16,18,24-25H,4-10,17,19H2,1-3H3,(H,31,35)/t25-/m1/s1. The zero-order valence-corrected chi connectivity index (χ0v) is 24.6. The second-order valence-corrected chi connectivity index (χ2v) is 12.7. The summed E-state index contributed by atoms with van der Waals surface area (Å²) in [6.45, 7) is 4.09. The van der Waals surface area contributed by atoms with Crippen molar-refractivity contribution in [1.29, 1.82) is 0 Å². The lowest BCUT2D eigenvalue weighted by Gasteiger charge is -2.32. The van der Waals surface area contributed by atoms with Gasteiger partial charge in [-0.25, -0.2) is 8.42 Å². The second kappa shape index (κ2) is 13.7. The van der Waals surface area contributed by atoms with Crippen LogP contribution in [0.4, 0.5) is 5.69 Å². The number of rotatable bonds is 12. The van der Waals surface area contributed by atoms with Crippen LogP contribution in [-0.4, -0.2) is 50.0 Å². The van der Waals surface area contributed by atoms with Gasteiger partial charge in [-0.1, -0.05) is 61.2 Å². The normalized spacial score (nSPS) is 14.8. The monoisotopic (exact) mass is 581 g/mol. The Hall–Kier alpha value is -2.29. The molecule has 1 fully saturated rings. The van der Waals surface area contributed by atoms with Crippen molar-refractivity contribution >= 4 is 50.7 Å². The molecule has 2 amide bonds. The van der Waals surface area contributed by atoms with Gasteiger partial charge in [0, 0.05) is 35.6 Å². The largest absolute Gasteiger partial charge is 0.352 e. The number of amides is 2. The topological polar surface area (TPSA) is 86.8 Å². The van der Waals surface area contributed by atoms with E-state index in [2.05, 4.69) is 5.32 Å². The molecule has 1 saturated carbocycles. The van der Waals surface area contributed by atoms with Gasteiger partial charge in [-0.05, 0) is 68.0 Å². The fourth-order valence-corrected chi connectivity index (χ4v) is 6.21. The molecule has 2 aromatic rings. The van der Waals surface area contributed by atoms with E-state index in [1.54, 1.807) is 35.2 Å². The molecule has 0 saturated heterocycles. The number of anilines is 1. The number of nitrogens with one attached hydrogen (secondary N) is 1. The fourth-order valence-electron chi connectivity index (χ4n) is 4.91. The molecule has 10 heteroatoms. The Balaban J connectivity index is 1.77. The van der Waals surface area contributed by atoms with Crippen LogP contribution in [0.3, 0.4) is 0 Å². The highest BCUT2D eigenvalue weighted by Gasteiger charge is 2.31. The SMILES string of the molecule is CC[C@H](C(=O)NC1CCCC1)N(Cc1ccc(Cl)cc1)C(=O)CCCN(c1cc(Cl)ccc1C)S(C)(=O)=O. The first-order valence-corrected chi connectivity index (χ1v) is 15.7. The van der Waals surface area contributed by atoms with Crippen LogP contribution in [0.2, 0.25) is 10.0 Å². The number of carbonyl (C=O) groups excluding carboxylic acids is 2. The summed E-state index contributed by atoms with van der Waals surface area (Å²) in [5, 5.41) is 4.16. The lowest BCUT2D eigenvalue weighted by molar-refractivity contribution is -0.141. The number of hydrogen-bond donors (Lipinski definition) is 1. The van der Waals surface area contributed by atoms with Gasteiger partial charge in [0.1, 0.15) is 6.04 Å². The molecule has 0 heterocycles. The average Bonchev–Trinajstić information content (AvgIpc) is 3.36. The molecule has 0 spiro atoms. The molecular formula is C28H37Cl2N3O4S. The van der Waals surface area contributed by atoms with E-state index in [1.165, 1.54) is 4.31 Å². The van der Waals surface area contributed by atoms with E-state index in [-0.39, 0.29) is 43.8 Å². The molecule has 3 rings (SSSR count). The van der Waals surface area contributed by atoms with Crippen LogP contribution in [0.15, 0.2) is 42.5 Å². The van der Waals surface area contributed by atoms with Gasteiger partial charge >= 0.3 is 0 Å². The smallest absolute Gasteiger partial charge is 0.243 e. The lowest BCUT2D eigenvalue weighted by atomic mass is 10.1. The Labute approximate surface area is 236 Å². The number of benzene rings is 2. The molecule has 1 aliphatic carbocycles. The Morgan fingerprint density at radius 2 is 1.68 bits per heavy atom. The fraction of sp³-hybridized carbons (Fsp3) is 0.500. The van der Waals surface area contributed by atoms with Crippen molar-refractivity contribution in [2.75, 3.05) is 17.1 Å². The summed E-state index contributed by atoms with van der Waals surface area (Å²) in [7, 11) is -3.60. The third-order valence-corrected chi connectivity index (χ3v) is 8.61. The molecule has 2 aromatic carbocycles. The maximum absolute atomic E-state index is 13.6. The van der Waals surface area contributed by atoms with Gasteiger partial charge in [-0.3, -0.25) is 13.9 Å². The van der Waals surface area contributed by atoms with Crippen LogP contribution in [0.25, 0.3) is 0 Å². The van der Waals surface area contributed by atoms with Gasteiger partial charge in [0.2, 0.25) is 21.8 Å². The minimum absolute atomic E-state index is 0.0897. The van der Waals surface area contributed by atoms with Crippen LogP contribution in [0, 0.1) is 6.92 Å². The predicted molar refractivity (Wildman–Crippen MR) is 154 cm³/mol. The van der Waals surface area contributed by atoms with Gasteiger partial charge in [0.15, 0.2) is 0 Å². The second-order valence-electron chi connectivity index (χ2n) is 9.93. The highest BCUT2D eigenvalue weighted by Crippen LogP contribution is 2.27. The molecular weight excluding hydrogens is 545 g/mol. The maximum atomic E-state index is 13.6. The summed E-state index contributed by atoms with van der Waals surface area (Å²) in [6, 6.07) is 11.8. The Morgan fingerprint density at radius 1 is 1.05 bits per heavy atom.